The normalized spacial score (nSPS) is 21.1. The third kappa shape index (κ3) is 2.03. The minimum Gasteiger partial charge on any atom is -0.326 e. The van der Waals surface area contributed by atoms with E-state index in [1.54, 1.807) is 0 Å². The Balaban J connectivity index is 2.41. The molecule has 1 saturated heterocycles. The smallest absolute Gasteiger partial charge is 0.272 e. The zero-order valence-corrected chi connectivity index (χ0v) is 9.39. The number of H-pyrrole nitrogens is 1. The van der Waals surface area contributed by atoms with Crippen LogP contribution in [0.2, 0.25) is 5.02 Å². The van der Waals surface area contributed by atoms with Crippen LogP contribution in [-0.4, -0.2) is 22.7 Å². The molecule has 0 aliphatic carbocycles. The average molecular weight is 245 g/mol. The molecule has 1 amide bonds. The summed E-state index contributed by atoms with van der Waals surface area (Å²) in [6.45, 7) is 0.450. The SMILES string of the molecule is O=C1CC(S)CN1c1cc(Cl)c[nH]c1=O. The summed E-state index contributed by atoms with van der Waals surface area (Å²) in [4.78, 5) is 26.9. The number of amides is 1. The van der Waals surface area contributed by atoms with E-state index in [2.05, 4.69) is 17.6 Å². The number of rotatable bonds is 1. The van der Waals surface area contributed by atoms with Crippen molar-refractivity contribution >= 4 is 35.8 Å². The van der Waals surface area contributed by atoms with Gasteiger partial charge in [0.05, 0.1) is 5.02 Å². The lowest BCUT2D eigenvalue weighted by molar-refractivity contribution is -0.117. The van der Waals surface area contributed by atoms with Crippen molar-refractivity contribution in [1.29, 1.82) is 0 Å². The standard InChI is InChI=1S/C9H9ClN2O2S/c10-5-1-7(9(14)11-3-5)12-4-6(15)2-8(12)13/h1,3,6,15H,2,4H2,(H,11,14). The Hall–Kier alpha value is -0.940. The summed E-state index contributed by atoms with van der Waals surface area (Å²) in [5, 5.41) is 0.385. The van der Waals surface area contributed by atoms with Crippen molar-refractivity contribution in [2.45, 2.75) is 11.7 Å². The summed E-state index contributed by atoms with van der Waals surface area (Å²) in [6.07, 6.45) is 1.75. The Morgan fingerprint density at radius 3 is 2.87 bits per heavy atom. The van der Waals surface area contributed by atoms with Gasteiger partial charge in [-0.2, -0.15) is 12.6 Å². The molecule has 2 heterocycles. The molecule has 4 nitrogen and oxygen atoms in total. The van der Waals surface area contributed by atoms with Crippen molar-refractivity contribution in [2.75, 3.05) is 11.4 Å². The van der Waals surface area contributed by atoms with Gasteiger partial charge in [-0.3, -0.25) is 9.59 Å². The van der Waals surface area contributed by atoms with Gasteiger partial charge in [0.15, 0.2) is 0 Å². The van der Waals surface area contributed by atoms with Gasteiger partial charge in [-0.05, 0) is 6.07 Å². The number of carbonyl (C=O) groups is 1. The number of hydrogen-bond acceptors (Lipinski definition) is 3. The van der Waals surface area contributed by atoms with Crippen molar-refractivity contribution in [3.8, 4) is 0 Å². The number of anilines is 1. The fourth-order valence-corrected chi connectivity index (χ4v) is 2.05. The maximum absolute atomic E-state index is 11.5. The highest BCUT2D eigenvalue weighted by molar-refractivity contribution is 7.81. The maximum atomic E-state index is 11.5. The molecule has 1 aromatic heterocycles. The molecule has 1 aromatic rings. The van der Waals surface area contributed by atoms with E-state index < -0.39 is 0 Å². The third-order valence-electron chi connectivity index (χ3n) is 2.24. The number of pyridine rings is 1. The number of carbonyl (C=O) groups excluding carboxylic acids is 1. The van der Waals surface area contributed by atoms with Crippen LogP contribution in [0.3, 0.4) is 0 Å². The number of nitrogens with one attached hydrogen (secondary N) is 1. The summed E-state index contributed by atoms with van der Waals surface area (Å²) in [7, 11) is 0. The molecule has 0 bridgehead atoms. The number of aromatic nitrogens is 1. The van der Waals surface area contributed by atoms with Gasteiger partial charge in [0.25, 0.3) is 5.56 Å². The van der Waals surface area contributed by atoms with Crippen LogP contribution in [0, 0.1) is 0 Å². The Labute approximate surface area is 96.6 Å². The van der Waals surface area contributed by atoms with Gasteiger partial charge in [0.1, 0.15) is 5.69 Å². The second-order valence-electron chi connectivity index (χ2n) is 3.39. The minimum atomic E-state index is -0.310. The van der Waals surface area contributed by atoms with E-state index in [4.69, 9.17) is 11.6 Å². The van der Waals surface area contributed by atoms with E-state index in [0.29, 0.717) is 23.7 Å². The molecule has 80 valence electrons. The highest BCUT2D eigenvalue weighted by Gasteiger charge is 2.29. The van der Waals surface area contributed by atoms with Crippen molar-refractivity contribution in [1.82, 2.24) is 4.98 Å². The molecule has 0 radical (unpaired) electrons. The molecular formula is C9H9ClN2O2S. The second kappa shape index (κ2) is 3.90. The number of aromatic amines is 1. The fourth-order valence-electron chi connectivity index (χ4n) is 1.57. The molecule has 2 rings (SSSR count). The lowest BCUT2D eigenvalue weighted by atomic mass is 10.4. The van der Waals surface area contributed by atoms with Crippen LogP contribution in [0.4, 0.5) is 5.69 Å². The van der Waals surface area contributed by atoms with E-state index in [1.165, 1.54) is 17.2 Å². The molecule has 1 atom stereocenters. The largest absolute Gasteiger partial charge is 0.326 e. The van der Waals surface area contributed by atoms with Crippen LogP contribution >= 0.6 is 24.2 Å². The lowest BCUT2D eigenvalue weighted by Crippen LogP contribution is -2.30. The predicted octanol–water partition coefficient (Wildman–Crippen LogP) is 1.06. The van der Waals surface area contributed by atoms with Crippen LogP contribution in [0.1, 0.15) is 6.42 Å². The van der Waals surface area contributed by atoms with Crippen LogP contribution < -0.4 is 10.5 Å². The average Bonchev–Trinajstić information content (AvgIpc) is 2.50. The van der Waals surface area contributed by atoms with Gasteiger partial charge in [-0.25, -0.2) is 0 Å². The molecule has 0 aromatic carbocycles. The zero-order chi connectivity index (χ0) is 11.0. The molecule has 0 spiro atoms. The second-order valence-corrected chi connectivity index (χ2v) is 4.56. The van der Waals surface area contributed by atoms with Crippen LogP contribution in [0.25, 0.3) is 0 Å². The number of halogens is 1. The van der Waals surface area contributed by atoms with Gasteiger partial charge in [0.2, 0.25) is 5.91 Å². The quantitative estimate of drug-likeness (QED) is 0.726. The Bertz CT molecular complexity index is 460. The van der Waals surface area contributed by atoms with E-state index in [9.17, 15) is 9.59 Å². The van der Waals surface area contributed by atoms with Crippen molar-refractivity contribution < 1.29 is 4.79 Å². The van der Waals surface area contributed by atoms with Crippen LogP contribution in [0.15, 0.2) is 17.1 Å². The van der Waals surface area contributed by atoms with Gasteiger partial charge in [-0.1, -0.05) is 11.6 Å². The molecule has 1 aliphatic rings. The first-order valence-corrected chi connectivity index (χ1v) is 5.34. The summed E-state index contributed by atoms with van der Waals surface area (Å²) >= 11 is 9.97. The van der Waals surface area contributed by atoms with E-state index >= 15 is 0 Å². The third-order valence-corrected chi connectivity index (χ3v) is 2.81. The summed E-state index contributed by atoms with van der Waals surface area (Å²) in [6, 6.07) is 1.49. The molecule has 15 heavy (non-hydrogen) atoms. The molecule has 1 fully saturated rings. The maximum Gasteiger partial charge on any atom is 0.272 e. The summed E-state index contributed by atoms with van der Waals surface area (Å²) in [5.74, 6) is -0.0947. The fraction of sp³-hybridized carbons (Fsp3) is 0.333. The van der Waals surface area contributed by atoms with E-state index in [-0.39, 0.29) is 16.7 Å². The molecule has 6 heteroatoms. The number of thiol groups is 1. The monoisotopic (exact) mass is 244 g/mol. The van der Waals surface area contributed by atoms with Gasteiger partial charge < -0.3 is 9.88 Å². The first kappa shape index (κ1) is 10.6. The highest BCUT2D eigenvalue weighted by atomic mass is 35.5. The van der Waals surface area contributed by atoms with Crippen LogP contribution in [0.5, 0.6) is 0 Å². The molecule has 1 unspecified atom stereocenters. The molecule has 1 N–H and O–H groups in total. The first-order chi connectivity index (χ1) is 7.08. The minimum absolute atomic E-state index is 0.0177. The van der Waals surface area contributed by atoms with Gasteiger partial charge in [0, 0.05) is 24.4 Å². The zero-order valence-electron chi connectivity index (χ0n) is 7.74. The number of hydrogen-bond donors (Lipinski definition) is 2. The summed E-state index contributed by atoms with van der Waals surface area (Å²) in [5.41, 5.74) is -0.0146. The van der Waals surface area contributed by atoms with Crippen molar-refractivity contribution in [2.24, 2.45) is 0 Å². The Morgan fingerprint density at radius 1 is 1.53 bits per heavy atom. The van der Waals surface area contributed by atoms with Crippen molar-refractivity contribution in [3.63, 3.8) is 0 Å². The van der Waals surface area contributed by atoms with E-state index in [0.717, 1.165) is 0 Å². The predicted molar refractivity (Wildman–Crippen MR) is 61.8 cm³/mol. The first-order valence-electron chi connectivity index (χ1n) is 4.44. The van der Waals surface area contributed by atoms with Crippen LogP contribution in [-0.2, 0) is 4.79 Å². The molecule has 1 aliphatic heterocycles. The number of nitrogens with zero attached hydrogens (tertiary/aromatic N) is 1. The topological polar surface area (TPSA) is 53.2 Å². The van der Waals surface area contributed by atoms with Gasteiger partial charge in [-0.15, -0.1) is 0 Å². The molecular weight excluding hydrogens is 236 g/mol. The van der Waals surface area contributed by atoms with E-state index in [1.807, 2.05) is 0 Å². The summed E-state index contributed by atoms with van der Waals surface area (Å²) < 4.78 is 0. The Morgan fingerprint density at radius 2 is 2.27 bits per heavy atom. The van der Waals surface area contributed by atoms with Gasteiger partial charge >= 0.3 is 0 Å². The molecule has 0 saturated carbocycles. The highest BCUT2D eigenvalue weighted by Crippen LogP contribution is 2.22. The van der Waals surface area contributed by atoms with Crippen molar-refractivity contribution in [3.05, 3.63) is 27.6 Å². The lowest BCUT2D eigenvalue weighted by Gasteiger charge is -2.14. The Kier molecular flexibility index (Phi) is 2.75.